The van der Waals surface area contributed by atoms with Crippen LogP contribution in [0.15, 0.2) is 12.7 Å². The number of ether oxygens (including phenoxy) is 1. The molecule has 3 heteroatoms. The second-order valence-electron chi connectivity index (χ2n) is 3.41. The van der Waals surface area contributed by atoms with E-state index in [9.17, 15) is 4.79 Å². The number of alkyl carbamates (subject to hydrolysis) is 1. The monoisotopic (exact) mass is 169 g/mol. The molecule has 0 spiro atoms. The van der Waals surface area contributed by atoms with Crippen LogP contribution in [0, 0.1) is 5.92 Å². The van der Waals surface area contributed by atoms with Gasteiger partial charge >= 0.3 is 6.09 Å². The Bertz CT molecular complexity index is 189. The summed E-state index contributed by atoms with van der Waals surface area (Å²) in [6.45, 7) is 7.77. The number of nitrogens with one attached hydrogen (secondary N) is 1. The highest BCUT2D eigenvalue weighted by Crippen LogP contribution is 2.16. The van der Waals surface area contributed by atoms with Crippen LogP contribution in [0.5, 0.6) is 0 Å². The first kappa shape index (κ1) is 9.10. The van der Waals surface area contributed by atoms with Gasteiger partial charge in [-0.2, -0.15) is 0 Å². The molecule has 0 aliphatic carbocycles. The largest absolute Gasteiger partial charge is 0.442 e. The van der Waals surface area contributed by atoms with Crippen molar-refractivity contribution < 1.29 is 9.53 Å². The van der Waals surface area contributed by atoms with Crippen LogP contribution in [0.3, 0.4) is 0 Å². The molecule has 1 N–H and O–H groups in total. The van der Waals surface area contributed by atoms with Crippen LogP contribution >= 0.6 is 0 Å². The van der Waals surface area contributed by atoms with Gasteiger partial charge < -0.3 is 10.1 Å². The maximum absolute atomic E-state index is 11.0. The van der Waals surface area contributed by atoms with E-state index in [0.717, 1.165) is 6.42 Å². The zero-order chi connectivity index (χ0) is 9.14. The molecule has 1 aliphatic heterocycles. The van der Waals surface area contributed by atoms with E-state index >= 15 is 0 Å². The van der Waals surface area contributed by atoms with Gasteiger partial charge in [0.15, 0.2) is 0 Å². The van der Waals surface area contributed by atoms with E-state index in [2.05, 4.69) is 25.7 Å². The molecule has 1 rings (SSSR count). The van der Waals surface area contributed by atoms with Crippen LogP contribution in [0.1, 0.15) is 20.3 Å². The Hall–Kier alpha value is -0.990. The van der Waals surface area contributed by atoms with Crippen molar-refractivity contribution in [3.05, 3.63) is 12.7 Å². The second kappa shape index (κ2) is 3.61. The molecule has 12 heavy (non-hydrogen) atoms. The standard InChI is InChI=1S/C9H15NO2/c1-4-7-5-8(6(2)3)10-9(11)12-7/h4,6-8H,1,5H2,2-3H3,(H,10,11)/t7-,8-/m1/s1. The van der Waals surface area contributed by atoms with Gasteiger partial charge in [0, 0.05) is 12.5 Å². The maximum Gasteiger partial charge on any atom is 0.407 e. The molecule has 0 aromatic rings. The van der Waals surface area contributed by atoms with Crippen molar-refractivity contribution in [3.8, 4) is 0 Å². The molecule has 1 fully saturated rings. The summed E-state index contributed by atoms with van der Waals surface area (Å²) < 4.78 is 4.95. The smallest absolute Gasteiger partial charge is 0.407 e. The van der Waals surface area contributed by atoms with Gasteiger partial charge in [-0.3, -0.25) is 0 Å². The number of cyclic esters (lactones) is 1. The predicted octanol–water partition coefficient (Wildman–Crippen LogP) is 1.70. The van der Waals surface area contributed by atoms with Crippen LogP contribution in [0.4, 0.5) is 4.79 Å². The van der Waals surface area contributed by atoms with Crippen LogP contribution in [-0.4, -0.2) is 18.2 Å². The lowest BCUT2D eigenvalue weighted by Crippen LogP contribution is -2.47. The second-order valence-corrected chi connectivity index (χ2v) is 3.41. The zero-order valence-corrected chi connectivity index (χ0v) is 7.54. The molecule has 1 amide bonds. The molecular weight excluding hydrogens is 154 g/mol. The number of hydrogen-bond donors (Lipinski definition) is 1. The number of rotatable bonds is 2. The third kappa shape index (κ3) is 2.00. The van der Waals surface area contributed by atoms with Crippen molar-refractivity contribution in [3.63, 3.8) is 0 Å². The van der Waals surface area contributed by atoms with Gasteiger partial charge in [-0.15, -0.1) is 0 Å². The summed E-state index contributed by atoms with van der Waals surface area (Å²) in [6, 6.07) is 0.217. The Morgan fingerprint density at radius 2 is 2.42 bits per heavy atom. The number of carbonyl (C=O) groups is 1. The predicted molar refractivity (Wildman–Crippen MR) is 46.8 cm³/mol. The van der Waals surface area contributed by atoms with Gasteiger partial charge in [0.25, 0.3) is 0 Å². The fourth-order valence-corrected chi connectivity index (χ4v) is 1.26. The van der Waals surface area contributed by atoms with Gasteiger partial charge in [0.2, 0.25) is 0 Å². The first-order valence-corrected chi connectivity index (χ1v) is 4.23. The van der Waals surface area contributed by atoms with Crippen LogP contribution < -0.4 is 5.32 Å². The molecule has 0 radical (unpaired) electrons. The fourth-order valence-electron chi connectivity index (χ4n) is 1.26. The van der Waals surface area contributed by atoms with Gasteiger partial charge in [0.1, 0.15) is 6.10 Å². The third-order valence-corrected chi connectivity index (χ3v) is 2.12. The van der Waals surface area contributed by atoms with Crippen molar-refractivity contribution in [2.24, 2.45) is 5.92 Å². The lowest BCUT2D eigenvalue weighted by Gasteiger charge is -2.30. The van der Waals surface area contributed by atoms with E-state index in [4.69, 9.17) is 4.74 Å². The van der Waals surface area contributed by atoms with Crippen LogP contribution in [0.25, 0.3) is 0 Å². The van der Waals surface area contributed by atoms with Crippen LogP contribution in [0.2, 0.25) is 0 Å². The summed E-state index contributed by atoms with van der Waals surface area (Å²) in [4.78, 5) is 11.0. The lowest BCUT2D eigenvalue weighted by molar-refractivity contribution is 0.0744. The Kier molecular flexibility index (Phi) is 2.74. The van der Waals surface area contributed by atoms with Gasteiger partial charge in [-0.05, 0) is 5.92 Å². The molecule has 2 atom stereocenters. The highest BCUT2D eigenvalue weighted by atomic mass is 16.6. The molecule has 0 saturated carbocycles. The van der Waals surface area contributed by atoms with Gasteiger partial charge in [-0.25, -0.2) is 4.79 Å². The molecule has 0 bridgehead atoms. The summed E-state index contributed by atoms with van der Waals surface area (Å²) >= 11 is 0. The lowest BCUT2D eigenvalue weighted by atomic mass is 9.97. The number of amides is 1. The van der Waals surface area contributed by atoms with E-state index in [1.807, 2.05) is 0 Å². The molecule has 0 aromatic carbocycles. The van der Waals surface area contributed by atoms with Crippen molar-refractivity contribution in [1.29, 1.82) is 0 Å². The molecule has 1 heterocycles. The van der Waals surface area contributed by atoms with E-state index < -0.39 is 0 Å². The molecule has 1 saturated heterocycles. The summed E-state index contributed by atoms with van der Waals surface area (Å²) in [7, 11) is 0. The molecular formula is C9H15NO2. The summed E-state index contributed by atoms with van der Waals surface area (Å²) in [5.74, 6) is 0.445. The van der Waals surface area contributed by atoms with E-state index in [-0.39, 0.29) is 18.2 Å². The highest BCUT2D eigenvalue weighted by molar-refractivity contribution is 5.68. The van der Waals surface area contributed by atoms with E-state index in [1.165, 1.54) is 0 Å². The average molecular weight is 169 g/mol. The molecule has 0 unspecified atom stereocenters. The molecule has 68 valence electrons. The Morgan fingerprint density at radius 1 is 1.75 bits per heavy atom. The van der Waals surface area contributed by atoms with E-state index in [0.29, 0.717) is 5.92 Å². The Labute approximate surface area is 72.8 Å². The minimum atomic E-state index is -0.329. The van der Waals surface area contributed by atoms with Gasteiger partial charge in [0.05, 0.1) is 0 Å². The summed E-state index contributed by atoms with van der Waals surface area (Å²) in [5, 5.41) is 2.77. The van der Waals surface area contributed by atoms with Crippen molar-refractivity contribution >= 4 is 6.09 Å². The Morgan fingerprint density at radius 3 is 2.92 bits per heavy atom. The fraction of sp³-hybridized carbons (Fsp3) is 0.667. The number of carbonyl (C=O) groups excluding carboxylic acids is 1. The normalized spacial score (nSPS) is 29.4. The number of hydrogen-bond acceptors (Lipinski definition) is 2. The third-order valence-electron chi connectivity index (χ3n) is 2.12. The SMILES string of the molecule is C=C[C@@H]1C[C@H](C(C)C)NC(=O)O1. The zero-order valence-electron chi connectivity index (χ0n) is 7.54. The van der Waals surface area contributed by atoms with Crippen molar-refractivity contribution in [2.45, 2.75) is 32.4 Å². The minimum absolute atomic E-state index is 0.119. The maximum atomic E-state index is 11.0. The first-order chi connectivity index (χ1) is 5.63. The van der Waals surface area contributed by atoms with Crippen molar-refractivity contribution in [2.75, 3.05) is 0 Å². The van der Waals surface area contributed by atoms with Crippen LogP contribution in [-0.2, 0) is 4.74 Å². The summed E-state index contributed by atoms with van der Waals surface area (Å²) in [6.07, 6.45) is 2.05. The quantitative estimate of drug-likeness (QED) is 0.639. The highest BCUT2D eigenvalue weighted by Gasteiger charge is 2.27. The first-order valence-electron chi connectivity index (χ1n) is 4.23. The minimum Gasteiger partial charge on any atom is -0.442 e. The van der Waals surface area contributed by atoms with E-state index in [1.54, 1.807) is 6.08 Å². The molecule has 3 nitrogen and oxygen atoms in total. The topological polar surface area (TPSA) is 38.3 Å². The Balaban J connectivity index is 2.56. The average Bonchev–Trinajstić information content (AvgIpc) is 2.03. The molecule has 1 aliphatic rings. The molecule has 0 aromatic heterocycles. The van der Waals surface area contributed by atoms with Gasteiger partial charge in [-0.1, -0.05) is 26.5 Å². The summed E-state index contributed by atoms with van der Waals surface area (Å²) in [5.41, 5.74) is 0. The van der Waals surface area contributed by atoms with Crippen molar-refractivity contribution in [1.82, 2.24) is 5.32 Å².